The van der Waals surface area contributed by atoms with Crippen LogP contribution in [0.15, 0.2) is 24.3 Å². The van der Waals surface area contributed by atoms with Gasteiger partial charge in [-0.3, -0.25) is 4.79 Å². The van der Waals surface area contributed by atoms with E-state index in [0.717, 1.165) is 0 Å². The monoisotopic (exact) mass is 297 g/mol. The smallest absolute Gasteiger partial charge is 0.258 e. The summed E-state index contributed by atoms with van der Waals surface area (Å²) in [5.74, 6) is -0.389. The molecular weight excluding hydrogens is 289 g/mol. The number of amides is 1. The van der Waals surface area contributed by atoms with Gasteiger partial charge in [-0.05, 0) is 24.6 Å². The average Bonchev–Trinajstić information content (AvgIpc) is 2.36. The largest absolute Gasteiger partial charge is 0.508 e. The molecule has 0 atom stereocenters. The number of aromatic hydroxyl groups is 1. The third-order valence-electron chi connectivity index (χ3n) is 2.43. The van der Waals surface area contributed by atoms with E-state index in [4.69, 9.17) is 23.2 Å². The van der Waals surface area contributed by atoms with Gasteiger partial charge in [0, 0.05) is 11.8 Å². The van der Waals surface area contributed by atoms with E-state index in [0.29, 0.717) is 11.3 Å². The molecule has 7 heteroatoms. The van der Waals surface area contributed by atoms with E-state index in [1.54, 1.807) is 19.1 Å². The van der Waals surface area contributed by atoms with Crippen molar-refractivity contribution in [2.75, 3.05) is 5.32 Å². The van der Waals surface area contributed by atoms with Crippen LogP contribution in [0.25, 0.3) is 0 Å². The molecular formula is C12H9Cl2N3O2. The topological polar surface area (TPSA) is 75.1 Å². The molecule has 0 fully saturated rings. The van der Waals surface area contributed by atoms with Gasteiger partial charge in [0.2, 0.25) is 0 Å². The second kappa shape index (κ2) is 5.42. The zero-order valence-corrected chi connectivity index (χ0v) is 11.3. The quantitative estimate of drug-likeness (QED) is 0.893. The van der Waals surface area contributed by atoms with E-state index in [-0.39, 0.29) is 21.6 Å². The van der Waals surface area contributed by atoms with Crippen LogP contribution in [-0.2, 0) is 0 Å². The van der Waals surface area contributed by atoms with E-state index in [1.807, 2.05) is 0 Å². The molecule has 0 radical (unpaired) electrons. The minimum Gasteiger partial charge on any atom is -0.508 e. The molecule has 0 aliphatic carbocycles. The number of benzene rings is 1. The highest BCUT2D eigenvalue weighted by molar-refractivity contribution is 6.34. The van der Waals surface area contributed by atoms with Gasteiger partial charge in [0.15, 0.2) is 10.3 Å². The first-order valence-corrected chi connectivity index (χ1v) is 6.02. The Bertz CT molecular complexity index is 647. The molecule has 0 saturated heterocycles. The lowest BCUT2D eigenvalue weighted by Gasteiger charge is -2.07. The van der Waals surface area contributed by atoms with E-state index >= 15 is 0 Å². The van der Waals surface area contributed by atoms with Gasteiger partial charge in [-0.1, -0.05) is 29.3 Å². The Balaban J connectivity index is 2.25. The third kappa shape index (κ3) is 3.13. The number of nitrogens with one attached hydrogen (secondary N) is 1. The number of hydrogen-bond donors (Lipinski definition) is 2. The van der Waals surface area contributed by atoms with Crippen LogP contribution >= 0.6 is 23.2 Å². The summed E-state index contributed by atoms with van der Waals surface area (Å²) in [6, 6.07) is 6.11. The lowest BCUT2D eigenvalue weighted by Crippen LogP contribution is -2.13. The van der Waals surface area contributed by atoms with Gasteiger partial charge in [0.25, 0.3) is 5.91 Å². The third-order valence-corrected chi connectivity index (χ3v) is 2.89. The number of nitrogens with zero attached hydrogens (tertiary/aromatic N) is 2. The Labute approximate surface area is 119 Å². The number of phenolic OH excluding ortho intramolecular Hbond substituents is 1. The molecule has 1 heterocycles. The highest BCUT2D eigenvalue weighted by atomic mass is 35.5. The Morgan fingerprint density at radius 1 is 1.26 bits per heavy atom. The van der Waals surface area contributed by atoms with Crippen LogP contribution in [-0.4, -0.2) is 21.2 Å². The number of hydrogen-bond acceptors (Lipinski definition) is 4. The van der Waals surface area contributed by atoms with Gasteiger partial charge < -0.3 is 10.4 Å². The molecule has 0 bridgehead atoms. The second-order valence-electron chi connectivity index (χ2n) is 3.83. The summed E-state index contributed by atoms with van der Waals surface area (Å²) < 4.78 is 0. The fraction of sp³-hybridized carbons (Fsp3) is 0.0833. The zero-order chi connectivity index (χ0) is 14.0. The number of carbonyl (C=O) groups is 1. The van der Waals surface area contributed by atoms with Crippen LogP contribution in [0.4, 0.5) is 5.69 Å². The van der Waals surface area contributed by atoms with Crippen molar-refractivity contribution in [1.82, 2.24) is 10.2 Å². The fourth-order valence-corrected chi connectivity index (χ4v) is 1.72. The van der Waals surface area contributed by atoms with E-state index in [1.165, 1.54) is 12.1 Å². The number of phenols is 1. The summed E-state index contributed by atoms with van der Waals surface area (Å²) >= 11 is 11.4. The minimum absolute atomic E-state index is 0.0433. The maximum absolute atomic E-state index is 12.0. The highest BCUT2D eigenvalue weighted by Gasteiger charge is 2.13. The predicted octanol–water partition coefficient (Wildman–Crippen LogP) is 3.05. The molecule has 0 aliphatic rings. The SMILES string of the molecule is Cc1ccc(NC(=O)c2cc(Cl)nnc2Cl)cc1O. The van der Waals surface area contributed by atoms with Crippen LogP contribution in [0.3, 0.4) is 0 Å². The molecule has 2 aromatic rings. The Kier molecular flexibility index (Phi) is 3.87. The molecule has 2 N–H and O–H groups in total. The summed E-state index contributed by atoms with van der Waals surface area (Å²) in [7, 11) is 0. The standard InChI is InChI=1S/C12H9Cl2N3O2/c1-6-2-3-7(4-9(6)18)15-12(19)8-5-10(13)16-17-11(8)14/h2-5,18H,1H3,(H,15,19). The molecule has 1 aromatic carbocycles. The number of aromatic nitrogens is 2. The van der Waals surface area contributed by atoms with E-state index in [9.17, 15) is 9.90 Å². The molecule has 0 spiro atoms. The van der Waals surface area contributed by atoms with Crippen molar-refractivity contribution in [3.8, 4) is 5.75 Å². The fourth-order valence-electron chi connectivity index (χ4n) is 1.40. The van der Waals surface area contributed by atoms with Crippen molar-refractivity contribution in [2.24, 2.45) is 0 Å². The first-order chi connectivity index (χ1) is 8.97. The first kappa shape index (κ1) is 13.6. The van der Waals surface area contributed by atoms with Gasteiger partial charge in [0.05, 0.1) is 5.56 Å². The summed E-state index contributed by atoms with van der Waals surface area (Å²) in [4.78, 5) is 12.0. The summed E-state index contributed by atoms with van der Waals surface area (Å²) in [5.41, 5.74) is 1.27. The van der Waals surface area contributed by atoms with Crippen molar-refractivity contribution >= 4 is 34.8 Å². The lowest BCUT2D eigenvalue weighted by molar-refractivity contribution is 0.102. The molecule has 0 unspecified atom stereocenters. The van der Waals surface area contributed by atoms with Crippen LogP contribution in [0.2, 0.25) is 10.3 Å². The van der Waals surface area contributed by atoms with E-state index in [2.05, 4.69) is 15.5 Å². The van der Waals surface area contributed by atoms with Crippen molar-refractivity contribution < 1.29 is 9.90 Å². The summed E-state index contributed by atoms with van der Waals surface area (Å²) in [6.45, 7) is 1.75. The second-order valence-corrected chi connectivity index (χ2v) is 4.57. The van der Waals surface area contributed by atoms with Crippen LogP contribution in [0.5, 0.6) is 5.75 Å². The van der Waals surface area contributed by atoms with Crippen molar-refractivity contribution in [3.63, 3.8) is 0 Å². The molecule has 2 rings (SSSR count). The van der Waals surface area contributed by atoms with Gasteiger partial charge in [-0.15, -0.1) is 10.2 Å². The first-order valence-electron chi connectivity index (χ1n) is 5.27. The number of carbonyl (C=O) groups excluding carboxylic acids is 1. The molecule has 1 amide bonds. The van der Waals surface area contributed by atoms with E-state index < -0.39 is 5.91 Å². The predicted molar refractivity (Wildman–Crippen MR) is 72.8 cm³/mol. The number of halogens is 2. The molecule has 19 heavy (non-hydrogen) atoms. The van der Waals surface area contributed by atoms with Crippen LogP contribution in [0.1, 0.15) is 15.9 Å². The molecule has 0 aliphatic heterocycles. The maximum atomic E-state index is 12.0. The summed E-state index contributed by atoms with van der Waals surface area (Å²) in [6.07, 6.45) is 0. The zero-order valence-electron chi connectivity index (χ0n) is 9.82. The van der Waals surface area contributed by atoms with Crippen LogP contribution < -0.4 is 5.32 Å². The average molecular weight is 298 g/mol. The molecule has 0 saturated carbocycles. The lowest BCUT2D eigenvalue weighted by atomic mass is 10.2. The Morgan fingerprint density at radius 2 is 2.00 bits per heavy atom. The summed E-state index contributed by atoms with van der Waals surface area (Å²) in [5, 5.41) is 19.2. The van der Waals surface area contributed by atoms with Gasteiger partial charge >= 0.3 is 0 Å². The normalized spacial score (nSPS) is 10.3. The number of rotatable bonds is 2. The molecule has 1 aromatic heterocycles. The molecule has 5 nitrogen and oxygen atoms in total. The Hall–Kier alpha value is -1.85. The maximum Gasteiger partial charge on any atom is 0.258 e. The Morgan fingerprint density at radius 3 is 2.68 bits per heavy atom. The molecule has 98 valence electrons. The van der Waals surface area contributed by atoms with Crippen molar-refractivity contribution in [1.29, 1.82) is 0 Å². The van der Waals surface area contributed by atoms with Gasteiger partial charge in [-0.2, -0.15) is 0 Å². The van der Waals surface area contributed by atoms with Gasteiger partial charge in [-0.25, -0.2) is 0 Å². The van der Waals surface area contributed by atoms with Crippen molar-refractivity contribution in [2.45, 2.75) is 6.92 Å². The minimum atomic E-state index is -0.481. The highest BCUT2D eigenvalue weighted by Crippen LogP contribution is 2.22. The van der Waals surface area contributed by atoms with Crippen molar-refractivity contribution in [3.05, 3.63) is 45.7 Å². The number of aryl methyl sites for hydroxylation is 1. The van der Waals surface area contributed by atoms with Crippen LogP contribution in [0, 0.1) is 6.92 Å². The number of anilines is 1. The van der Waals surface area contributed by atoms with Gasteiger partial charge in [0.1, 0.15) is 5.75 Å².